The van der Waals surface area contributed by atoms with Crippen LogP contribution in [0.5, 0.6) is 0 Å². The van der Waals surface area contributed by atoms with Gasteiger partial charge < -0.3 is 10.7 Å². The van der Waals surface area contributed by atoms with Crippen molar-refractivity contribution >= 4 is 61.8 Å². The predicted molar refractivity (Wildman–Crippen MR) is 24.5 cm³/mol. The summed E-state index contributed by atoms with van der Waals surface area (Å²) in [4.78, 5) is 0. The zero-order valence-corrected chi connectivity index (χ0v) is 7.73. The molecule has 0 aromatic rings. The van der Waals surface area contributed by atoms with Gasteiger partial charge in [-0.1, -0.05) is 0 Å². The molecule has 0 aromatic carbocycles. The Kier molecular flexibility index (Phi) is 28.4. The average Bonchev–Trinajstić information content (AvgIpc) is 0.722. The maximum absolute atomic E-state index is 8.63. The molecule has 0 aliphatic carbocycles. The second-order valence-electron chi connectivity index (χ2n) is 0.428. The van der Waals surface area contributed by atoms with Crippen LogP contribution in [0.25, 0.3) is 0 Å². The topological polar surface area (TPSA) is 112 Å². The molecule has 0 saturated heterocycles. The van der Waals surface area contributed by atoms with Crippen LogP contribution in [0.2, 0.25) is 0 Å². The van der Waals surface area contributed by atoms with Crippen LogP contribution in [0.15, 0.2) is 0 Å². The Morgan fingerprint density at radius 1 is 1.38 bits per heavy atom. The van der Waals surface area contributed by atoms with E-state index in [1.165, 1.54) is 0 Å². The van der Waals surface area contributed by atoms with Gasteiger partial charge in [-0.3, -0.25) is 4.55 Å². The molecule has 0 bridgehead atoms. The van der Waals surface area contributed by atoms with Crippen LogP contribution in [-0.2, 0) is 10.4 Å². The van der Waals surface area contributed by atoms with Crippen molar-refractivity contribution in [2.75, 3.05) is 0 Å². The second-order valence-corrected chi connectivity index (χ2v) is 1.28. The SMILES string of the molecule is N.O=S(=O)([O-])O.[K+].[KH]. The van der Waals surface area contributed by atoms with Crippen LogP contribution in [0.4, 0.5) is 0 Å². The zero-order chi connectivity index (χ0) is 4.50. The molecule has 0 heterocycles. The van der Waals surface area contributed by atoms with E-state index in [0.717, 1.165) is 0 Å². The van der Waals surface area contributed by atoms with E-state index in [-0.39, 0.29) is 109 Å². The van der Waals surface area contributed by atoms with Crippen molar-refractivity contribution in [3.63, 3.8) is 0 Å². The fraction of sp³-hybridized carbons (Fsp3) is 0. The molecule has 0 unspecified atom stereocenters. The van der Waals surface area contributed by atoms with Gasteiger partial charge in [-0.05, 0) is 0 Å². The standard InChI is InChI=1S/2K.H3N.H2O4S.H/c;;;1-5(2,3)4;/h;;1H3;(H2,1,2,3,4);/q;+1;;;/p-1. The summed E-state index contributed by atoms with van der Waals surface area (Å²) >= 11 is 0. The van der Waals surface area contributed by atoms with Crippen LogP contribution < -0.4 is 57.5 Å². The van der Waals surface area contributed by atoms with Crippen LogP contribution in [-0.4, -0.2) is 68.9 Å². The van der Waals surface area contributed by atoms with Gasteiger partial charge in [0.25, 0.3) is 0 Å². The fourth-order valence-electron chi connectivity index (χ4n) is 0. The van der Waals surface area contributed by atoms with E-state index in [2.05, 4.69) is 0 Å². The summed E-state index contributed by atoms with van der Waals surface area (Å²) in [5.74, 6) is 0. The molecule has 0 aromatic heterocycles. The van der Waals surface area contributed by atoms with Crippen molar-refractivity contribution in [2.24, 2.45) is 0 Å². The summed E-state index contributed by atoms with van der Waals surface area (Å²) in [5.41, 5.74) is 0. The molecule has 0 saturated carbocycles. The minimum atomic E-state index is -4.92. The molecule has 5 nitrogen and oxygen atoms in total. The Labute approximate surface area is 133 Å². The molecule has 0 fully saturated rings. The first kappa shape index (κ1) is 22.5. The Morgan fingerprint density at radius 2 is 1.38 bits per heavy atom. The Hall–Kier alpha value is 3.10. The summed E-state index contributed by atoms with van der Waals surface area (Å²) in [7, 11) is -4.92. The first-order valence-electron chi connectivity index (χ1n) is 0.683. The van der Waals surface area contributed by atoms with Crippen LogP contribution >= 0.6 is 0 Å². The van der Waals surface area contributed by atoms with Gasteiger partial charge in [0.15, 0.2) is 0 Å². The summed E-state index contributed by atoms with van der Waals surface area (Å²) in [6, 6.07) is 0. The third-order valence-electron chi connectivity index (χ3n) is 0. The molecule has 4 N–H and O–H groups in total. The molecular weight excluding hydrogens is 188 g/mol. The van der Waals surface area contributed by atoms with Crippen molar-refractivity contribution in [2.45, 2.75) is 0 Å². The van der Waals surface area contributed by atoms with Gasteiger partial charge in [-0.2, -0.15) is 0 Å². The second kappa shape index (κ2) is 10.1. The van der Waals surface area contributed by atoms with Crippen molar-refractivity contribution in [3.05, 3.63) is 0 Å². The molecule has 8 heavy (non-hydrogen) atoms. The van der Waals surface area contributed by atoms with Gasteiger partial charge in [0.1, 0.15) is 0 Å². The summed E-state index contributed by atoms with van der Waals surface area (Å²) in [5, 5.41) is 0. The first-order valence-corrected chi connectivity index (χ1v) is 2.05. The Balaban J connectivity index is -0.0000000267. The third-order valence-corrected chi connectivity index (χ3v) is 0. The van der Waals surface area contributed by atoms with E-state index in [4.69, 9.17) is 17.5 Å². The van der Waals surface area contributed by atoms with Crippen molar-refractivity contribution < 1.29 is 68.9 Å². The van der Waals surface area contributed by atoms with Crippen LogP contribution in [0.1, 0.15) is 0 Å². The van der Waals surface area contributed by atoms with E-state index in [1.807, 2.05) is 0 Å². The zero-order valence-electron chi connectivity index (χ0n) is 3.79. The van der Waals surface area contributed by atoms with Gasteiger partial charge >= 0.3 is 103 Å². The summed E-state index contributed by atoms with van der Waals surface area (Å²) in [6.45, 7) is 0. The molecule has 8 heteroatoms. The number of hydrogen-bond acceptors (Lipinski definition) is 4. The van der Waals surface area contributed by atoms with Gasteiger partial charge in [-0.25, -0.2) is 8.42 Å². The Bertz CT molecular complexity index is 97.2. The Morgan fingerprint density at radius 3 is 1.38 bits per heavy atom. The minimum absolute atomic E-state index is 0. The van der Waals surface area contributed by atoms with Gasteiger partial charge in [-0.15, -0.1) is 0 Å². The van der Waals surface area contributed by atoms with E-state index >= 15 is 0 Å². The van der Waals surface area contributed by atoms with Gasteiger partial charge in [0, 0.05) is 0 Å². The molecule has 0 spiro atoms. The van der Waals surface area contributed by atoms with Crippen molar-refractivity contribution in [3.8, 4) is 0 Å². The van der Waals surface area contributed by atoms with E-state index in [1.54, 1.807) is 0 Å². The van der Waals surface area contributed by atoms with Crippen molar-refractivity contribution in [1.82, 2.24) is 6.15 Å². The molecular formula is H5K2NO4S. The van der Waals surface area contributed by atoms with Gasteiger partial charge in [0.05, 0.1) is 0 Å². The summed E-state index contributed by atoms with van der Waals surface area (Å²) in [6.07, 6.45) is 0. The molecule has 0 aliphatic rings. The maximum atomic E-state index is 8.63. The molecule has 0 aliphatic heterocycles. The average molecular weight is 193 g/mol. The quantitative estimate of drug-likeness (QED) is 0.229. The van der Waals surface area contributed by atoms with Crippen molar-refractivity contribution in [1.29, 1.82) is 0 Å². The normalized spacial score (nSPS) is 7.25. The van der Waals surface area contributed by atoms with Gasteiger partial charge in [0.2, 0.25) is 10.4 Å². The van der Waals surface area contributed by atoms with E-state index < -0.39 is 10.4 Å². The van der Waals surface area contributed by atoms with Crippen LogP contribution in [0.3, 0.4) is 0 Å². The summed E-state index contributed by atoms with van der Waals surface area (Å²) < 4.78 is 32.8. The fourth-order valence-corrected chi connectivity index (χ4v) is 0. The van der Waals surface area contributed by atoms with Crippen LogP contribution in [0, 0.1) is 0 Å². The first-order chi connectivity index (χ1) is 2.00. The molecule has 0 atom stereocenters. The molecule has 42 valence electrons. The predicted octanol–water partition coefficient (Wildman–Crippen LogP) is -4.48. The third kappa shape index (κ3) is 62.1. The number of hydrogen-bond donors (Lipinski definition) is 2. The molecule has 0 radical (unpaired) electrons. The van der Waals surface area contributed by atoms with E-state index in [0.29, 0.717) is 0 Å². The number of rotatable bonds is 0. The molecule has 0 rings (SSSR count). The van der Waals surface area contributed by atoms with E-state index in [9.17, 15) is 0 Å². The molecule has 0 amide bonds. The monoisotopic (exact) mass is 193 g/mol.